The lowest BCUT2D eigenvalue weighted by atomic mass is 10.3. The van der Waals surface area contributed by atoms with Crippen molar-refractivity contribution >= 4 is 23.5 Å². The standard InChI is InChI=1S/C21H17N7O2S/c1-2-10-27-20(17-9-6-11-30-17)25-26-21(27)31-14-18(29)24-19-15(12-22)13-23-28(19)16-7-4-3-5-8-16/h2-9,11,13H,1,10,14H2,(H,24,29). The lowest BCUT2D eigenvalue weighted by molar-refractivity contribution is -0.113. The molecule has 154 valence electrons. The molecule has 0 spiro atoms. The number of allylic oxidation sites excluding steroid dienone is 1. The van der Waals surface area contributed by atoms with E-state index in [9.17, 15) is 10.1 Å². The SMILES string of the molecule is C=CCn1c(SCC(=O)Nc2c(C#N)cnn2-c2ccccc2)nnc1-c1ccco1. The van der Waals surface area contributed by atoms with Crippen LogP contribution in [0.15, 0.2) is 77.2 Å². The highest BCUT2D eigenvalue weighted by molar-refractivity contribution is 7.99. The largest absolute Gasteiger partial charge is 0.461 e. The second kappa shape index (κ2) is 9.15. The number of hydrogen-bond donors (Lipinski definition) is 1. The van der Waals surface area contributed by atoms with Gasteiger partial charge in [-0.15, -0.1) is 16.8 Å². The smallest absolute Gasteiger partial charge is 0.236 e. The van der Waals surface area contributed by atoms with Gasteiger partial charge in [0.25, 0.3) is 0 Å². The van der Waals surface area contributed by atoms with Gasteiger partial charge in [0.1, 0.15) is 11.6 Å². The summed E-state index contributed by atoms with van der Waals surface area (Å²) in [7, 11) is 0. The van der Waals surface area contributed by atoms with Gasteiger partial charge >= 0.3 is 0 Å². The molecular weight excluding hydrogens is 414 g/mol. The summed E-state index contributed by atoms with van der Waals surface area (Å²) in [4.78, 5) is 12.7. The van der Waals surface area contributed by atoms with E-state index < -0.39 is 0 Å². The molecule has 0 aliphatic heterocycles. The van der Waals surface area contributed by atoms with E-state index in [4.69, 9.17) is 4.42 Å². The molecule has 0 radical (unpaired) electrons. The first-order valence-corrected chi connectivity index (χ1v) is 10.2. The average Bonchev–Trinajstić information content (AvgIpc) is 3.53. The predicted molar refractivity (Wildman–Crippen MR) is 116 cm³/mol. The number of carbonyl (C=O) groups excluding carboxylic acids is 1. The van der Waals surface area contributed by atoms with E-state index in [0.717, 1.165) is 5.69 Å². The molecule has 10 heteroatoms. The zero-order valence-electron chi connectivity index (χ0n) is 16.3. The highest BCUT2D eigenvalue weighted by Gasteiger charge is 2.19. The number of rotatable bonds is 8. The Labute approximate surface area is 182 Å². The van der Waals surface area contributed by atoms with Crippen molar-refractivity contribution in [3.63, 3.8) is 0 Å². The minimum absolute atomic E-state index is 0.0677. The van der Waals surface area contributed by atoms with Crippen LogP contribution in [-0.2, 0) is 11.3 Å². The predicted octanol–water partition coefficient (Wildman–Crippen LogP) is 3.51. The average molecular weight is 431 g/mol. The van der Waals surface area contributed by atoms with E-state index in [-0.39, 0.29) is 17.2 Å². The van der Waals surface area contributed by atoms with Crippen molar-refractivity contribution in [1.29, 1.82) is 5.26 Å². The van der Waals surface area contributed by atoms with Gasteiger partial charge in [0, 0.05) is 6.54 Å². The molecule has 4 rings (SSSR count). The third-order valence-electron chi connectivity index (χ3n) is 4.25. The number of nitriles is 1. The number of amides is 1. The lowest BCUT2D eigenvalue weighted by Gasteiger charge is -2.10. The maximum absolute atomic E-state index is 12.7. The summed E-state index contributed by atoms with van der Waals surface area (Å²) >= 11 is 1.23. The summed E-state index contributed by atoms with van der Waals surface area (Å²) in [5.41, 5.74) is 1.01. The van der Waals surface area contributed by atoms with Gasteiger partial charge in [0.05, 0.1) is 23.9 Å². The van der Waals surface area contributed by atoms with Gasteiger partial charge in [0.15, 0.2) is 16.7 Å². The van der Waals surface area contributed by atoms with E-state index in [1.54, 1.807) is 24.5 Å². The quantitative estimate of drug-likeness (QED) is 0.335. The Morgan fingerprint density at radius 3 is 2.81 bits per heavy atom. The summed E-state index contributed by atoms with van der Waals surface area (Å²) in [5, 5.41) is 25.3. The van der Waals surface area contributed by atoms with Gasteiger partial charge < -0.3 is 9.73 Å². The van der Waals surface area contributed by atoms with E-state index in [1.165, 1.54) is 22.6 Å². The maximum Gasteiger partial charge on any atom is 0.236 e. The third-order valence-corrected chi connectivity index (χ3v) is 5.22. The normalized spacial score (nSPS) is 10.5. The molecule has 0 bridgehead atoms. The number of thioether (sulfide) groups is 1. The van der Waals surface area contributed by atoms with Crippen LogP contribution in [0, 0.1) is 11.3 Å². The Kier molecular flexibility index (Phi) is 5.96. The molecule has 0 fully saturated rings. The number of carbonyl (C=O) groups is 1. The molecule has 0 aliphatic carbocycles. The lowest BCUT2D eigenvalue weighted by Crippen LogP contribution is -2.18. The van der Waals surface area contributed by atoms with Crippen LogP contribution in [0.3, 0.4) is 0 Å². The van der Waals surface area contributed by atoms with E-state index in [2.05, 4.69) is 33.3 Å². The number of nitrogens with one attached hydrogen (secondary N) is 1. The second-order valence-electron chi connectivity index (χ2n) is 6.29. The molecule has 31 heavy (non-hydrogen) atoms. The molecule has 1 N–H and O–H groups in total. The van der Waals surface area contributed by atoms with Gasteiger partial charge in [-0.1, -0.05) is 36.0 Å². The molecule has 0 unspecified atom stereocenters. The topological polar surface area (TPSA) is 115 Å². The molecular formula is C21H17N7O2S. The molecule has 0 saturated carbocycles. The van der Waals surface area contributed by atoms with Crippen molar-refractivity contribution in [1.82, 2.24) is 24.5 Å². The monoisotopic (exact) mass is 431 g/mol. The van der Waals surface area contributed by atoms with Crippen LogP contribution in [0.1, 0.15) is 5.56 Å². The number of para-hydroxylation sites is 1. The third kappa shape index (κ3) is 4.26. The minimum Gasteiger partial charge on any atom is -0.461 e. The number of aromatic nitrogens is 5. The van der Waals surface area contributed by atoms with Crippen LogP contribution < -0.4 is 5.32 Å². The summed E-state index contributed by atoms with van der Waals surface area (Å²) < 4.78 is 8.75. The minimum atomic E-state index is -0.299. The Morgan fingerprint density at radius 1 is 1.26 bits per heavy atom. The molecule has 9 nitrogen and oxygen atoms in total. The fraction of sp³-hybridized carbons (Fsp3) is 0.0952. The number of hydrogen-bond acceptors (Lipinski definition) is 7. The van der Waals surface area contributed by atoms with Crippen LogP contribution in [0.25, 0.3) is 17.3 Å². The van der Waals surface area contributed by atoms with Crippen LogP contribution in [0.5, 0.6) is 0 Å². The van der Waals surface area contributed by atoms with Gasteiger partial charge in [-0.05, 0) is 24.3 Å². The first kappa shape index (κ1) is 20.2. The van der Waals surface area contributed by atoms with Crippen molar-refractivity contribution in [2.45, 2.75) is 11.7 Å². The van der Waals surface area contributed by atoms with E-state index >= 15 is 0 Å². The van der Waals surface area contributed by atoms with Gasteiger partial charge in [-0.2, -0.15) is 10.4 Å². The highest BCUT2D eigenvalue weighted by atomic mass is 32.2. The van der Waals surface area contributed by atoms with Crippen molar-refractivity contribution in [2.24, 2.45) is 0 Å². The van der Waals surface area contributed by atoms with Crippen molar-refractivity contribution in [3.8, 4) is 23.3 Å². The van der Waals surface area contributed by atoms with Crippen molar-refractivity contribution < 1.29 is 9.21 Å². The first-order valence-electron chi connectivity index (χ1n) is 9.25. The molecule has 4 aromatic rings. The Bertz CT molecular complexity index is 1240. The van der Waals surface area contributed by atoms with Crippen molar-refractivity contribution in [3.05, 3.63) is 73.1 Å². The Morgan fingerprint density at radius 2 is 2.10 bits per heavy atom. The number of furan rings is 1. The molecule has 0 atom stereocenters. The molecule has 1 aromatic carbocycles. The molecule has 0 saturated heterocycles. The zero-order valence-corrected chi connectivity index (χ0v) is 17.1. The van der Waals surface area contributed by atoms with Gasteiger partial charge in [0.2, 0.25) is 11.7 Å². The highest BCUT2D eigenvalue weighted by Crippen LogP contribution is 2.25. The van der Waals surface area contributed by atoms with E-state index in [1.807, 2.05) is 34.9 Å². The Balaban J connectivity index is 1.51. The molecule has 3 aromatic heterocycles. The van der Waals surface area contributed by atoms with Gasteiger partial charge in [-0.25, -0.2) is 4.68 Å². The van der Waals surface area contributed by atoms with Crippen LogP contribution in [0.4, 0.5) is 5.82 Å². The summed E-state index contributed by atoms with van der Waals surface area (Å²) in [6, 6.07) is 14.9. The first-order chi connectivity index (χ1) is 15.2. The van der Waals surface area contributed by atoms with Gasteiger partial charge in [-0.3, -0.25) is 9.36 Å². The summed E-state index contributed by atoms with van der Waals surface area (Å²) in [6.45, 7) is 4.23. The molecule has 0 aliphatic rings. The Hall–Kier alpha value is -4.10. The molecule has 1 amide bonds. The fourth-order valence-electron chi connectivity index (χ4n) is 2.89. The summed E-state index contributed by atoms with van der Waals surface area (Å²) in [6.07, 6.45) is 4.70. The van der Waals surface area contributed by atoms with Crippen LogP contribution in [-0.4, -0.2) is 36.2 Å². The van der Waals surface area contributed by atoms with Crippen LogP contribution in [0.2, 0.25) is 0 Å². The summed E-state index contributed by atoms with van der Waals surface area (Å²) in [5.74, 6) is 1.23. The van der Waals surface area contributed by atoms with Crippen molar-refractivity contribution in [2.75, 3.05) is 11.1 Å². The second-order valence-corrected chi connectivity index (χ2v) is 7.23. The number of nitrogens with zero attached hydrogens (tertiary/aromatic N) is 6. The molecule has 3 heterocycles. The maximum atomic E-state index is 12.7. The van der Waals surface area contributed by atoms with E-state index in [0.29, 0.717) is 29.1 Å². The number of benzene rings is 1. The van der Waals surface area contributed by atoms with Crippen LogP contribution >= 0.6 is 11.8 Å². The fourth-order valence-corrected chi connectivity index (χ4v) is 3.64. The zero-order chi connectivity index (χ0) is 21.6. The number of anilines is 1.